The fraction of sp³-hybridized carbons (Fsp3) is 0.333. The van der Waals surface area contributed by atoms with Crippen LogP contribution in [0, 0.1) is 0 Å². The van der Waals surface area contributed by atoms with Crippen LogP contribution in [0.1, 0.15) is 12.5 Å². The molecule has 82 valence electrons. The number of rotatable bonds is 5. The number of ether oxygens (including phenoxy) is 2. The summed E-state index contributed by atoms with van der Waals surface area (Å²) in [6, 6.07) is 5.68. The van der Waals surface area contributed by atoms with Crippen molar-refractivity contribution >= 4 is 0 Å². The minimum atomic E-state index is 0.433. The zero-order valence-electron chi connectivity index (χ0n) is 9.25. The minimum Gasteiger partial charge on any atom is -0.493 e. The topological polar surface area (TPSA) is 44.5 Å². The summed E-state index contributed by atoms with van der Waals surface area (Å²) in [7, 11) is 1.61. The number of methoxy groups -OCH3 is 1. The van der Waals surface area contributed by atoms with E-state index in [1.807, 2.05) is 25.1 Å². The molecule has 0 heterocycles. The molecule has 3 heteroatoms. The van der Waals surface area contributed by atoms with E-state index in [2.05, 4.69) is 6.58 Å². The molecule has 15 heavy (non-hydrogen) atoms. The van der Waals surface area contributed by atoms with Crippen LogP contribution in [0.2, 0.25) is 0 Å². The van der Waals surface area contributed by atoms with Crippen molar-refractivity contribution in [1.82, 2.24) is 0 Å². The van der Waals surface area contributed by atoms with E-state index in [-0.39, 0.29) is 0 Å². The lowest BCUT2D eigenvalue weighted by molar-refractivity contribution is 0.316. The third-order valence-electron chi connectivity index (χ3n) is 1.96. The van der Waals surface area contributed by atoms with Crippen LogP contribution < -0.4 is 15.2 Å². The van der Waals surface area contributed by atoms with E-state index < -0.39 is 0 Å². The molecule has 0 atom stereocenters. The Morgan fingerprint density at radius 2 is 2.20 bits per heavy atom. The van der Waals surface area contributed by atoms with Gasteiger partial charge in [0, 0.05) is 12.1 Å². The van der Waals surface area contributed by atoms with Crippen molar-refractivity contribution < 1.29 is 9.47 Å². The Labute approximate surface area is 90.5 Å². The second kappa shape index (κ2) is 5.41. The Bertz CT molecular complexity index is 325. The van der Waals surface area contributed by atoms with Crippen molar-refractivity contribution in [2.24, 2.45) is 5.73 Å². The number of benzene rings is 1. The SMILES string of the molecule is C=C(C)COc1c(CN)cccc1OC. The lowest BCUT2D eigenvalue weighted by Gasteiger charge is -2.13. The van der Waals surface area contributed by atoms with Crippen LogP contribution in [0.5, 0.6) is 11.5 Å². The highest BCUT2D eigenvalue weighted by Crippen LogP contribution is 2.30. The van der Waals surface area contributed by atoms with E-state index in [0.29, 0.717) is 24.7 Å². The Morgan fingerprint density at radius 1 is 1.47 bits per heavy atom. The first-order valence-corrected chi connectivity index (χ1v) is 4.82. The number of hydrogen-bond donors (Lipinski definition) is 1. The van der Waals surface area contributed by atoms with Crippen LogP contribution in [0.4, 0.5) is 0 Å². The standard InChI is InChI=1S/C12H17NO2/c1-9(2)8-15-12-10(7-13)5-4-6-11(12)14-3/h4-6H,1,7-8,13H2,2-3H3. The maximum absolute atomic E-state index is 5.62. The molecule has 0 bridgehead atoms. The summed E-state index contributed by atoms with van der Waals surface area (Å²) in [5.41, 5.74) is 7.52. The van der Waals surface area contributed by atoms with Gasteiger partial charge in [-0.15, -0.1) is 0 Å². The quantitative estimate of drug-likeness (QED) is 0.752. The van der Waals surface area contributed by atoms with Crippen molar-refractivity contribution in [3.63, 3.8) is 0 Å². The molecule has 0 saturated carbocycles. The average Bonchev–Trinajstić information content (AvgIpc) is 2.25. The fourth-order valence-corrected chi connectivity index (χ4v) is 1.24. The van der Waals surface area contributed by atoms with Crippen LogP contribution in [0.15, 0.2) is 30.4 Å². The van der Waals surface area contributed by atoms with Gasteiger partial charge in [0.15, 0.2) is 11.5 Å². The Balaban J connectivity index is 2.94. The van der Waals surface area contributed by atoms with Gasteiger partial charge in [0.25, 0.3) is 0 Å². The zero-order chi connectivity index (χ0) is 11.3. The number of para-hydroxylation sites is 1. The summed E-state index contributed by atoms with van der Waals surface area (Å²) < 4.78 is 10.8. The van der Waals surface area contributed by atoms with Gasteiger partial charge in [0.2, 0.25) is 0 Å². The van der Waals surface area contributed by atoms with Crippen LogP contribution in [0.3, 0.4) is 0 Å². The average molecular weight is 207 g/mol. The van der Waals surface area contributed by atoms with Gasteiger partial charge in [-0.3, -0.25) is 0 Å². The highest BCUT2D eigenvalue weighted by Gasteiger charge is 2.08. The summed E-state index contributed by atoms with van der Waals surface area (Å²) in [4.78, 5) is 0. The number of hydrogen-bond acceptors (Lipinski definition) is 3. The number of nitrogens with two attached hydrogens (primary N) is 1. The minimum absolute atomic E-state index is 0.433. The van der Waals surface area contributed by atoms with Crippen molar-refractivity contribution in [1.29, 1.82) is 0 Å². The van der Waals surface area contributed by atoms with Crippen LogP contribution in [-0.2, 0) is 6.54 Å². The Hall–Kier alpha value is -1.48. The maximum atomic E-state index is 5.62. The van der Waals surface area contributed by atoms with E-state index >= 15 is 0 Å². The van der Waals surface area contributed by atoms with Gasteiger partial charge < -0.3 is 15.2 Å². The third kappa shape index (κ3) is 2.99. The van der Waals surface area contributed by atoms with Crippen LogP contribution >= 0.6 is 0 Å². The normalized spacial score (nSPS) is 9.80. The molecule has 0 radical (unpaired) electrons. The van der Waals surface area contributed by atoms with Gasteiger partial charge >= 0.3 is 0 Å². The first-order chi connectivity index (χ1) is 7.19. The van der Waals surface area contributed by atoms with Gasteiger partial charge in [-0.05, 0) is 18.6 Å². The molecule has 1 aromatic rings. The third-order valence-corrected chi connectivity index (χ3v) is 1.96. The van der Waals surface area contributed by atoms with Crippen molar-refractivity contribution in [3.8, 4) is 11.5 Å². The molecule has 0 unspecified atom stereocenters. The van der Waals surface area contributed by atoms with E-state index in [0.717, 1.165) is 11.1 Å². The second-order valence-electron chi connectivity index (χ2n) is 3.40. The lowest BCUT2D eigenvalue weighted by Crippen LogP contribution is -2.05. The van der Waals surface area contributed by atoms with E-state index in [1.54, 1.807) is 7.11 Å². The molecule has 1 aromatic carbocycles. The summed E-state index contributed by atoms with van der Waals surface area (Å²) in [5.74, 6) is 1.42. The molecular formula is C12H17NO2. The van der Waals surface area contributed by atoms with E-state index in [4.69, 9.17) is 15.2 Å². The molecule has 0 aliphatic carbocycles. The molecule has 0 aromatic heterocycles. The largest absolute Gasteiger partial charge is 0.493 e. The highest BCUT2D eigenvalue weighted by molar-refractivity contribution is 5.46. The van der Waals surface area contributed by atoms with Gasteiger partial charge in [-0.25, -0.2) is 0 Å². The van der Waals surface area contributed by atoms with Gasteiger partial charge in [-0.1, -0.05) is 18.7 Å². The zero-order valence-corrected chi connectivity index (χ0v) is 9.25. The second-order valence-corrected chi connectivity index (χ2v) is 3.40. The first-order valence-electron chi connectivity index (χ1n) is 4.82. The predicted molar refractivity (Wildman–Crippen MR) is 61.2 cm³/mol. The van der Waals surface area contributed by atoms with Crippen molar-refractivity contribution in [2.75, 3.05) is 13.7 Å². The Morgan fingerprint density at radius 3 is 2.73 bits per heavy atom. The smallest absolute Gasteiger partial charge is 0.166 e. The van der Waals surface area contributed by atoms with Crippen molar-refractivity contribution in [2.45, 2.75) is 13.5 Å². The molecular weight excluding hydrogens is 190 g/mol. The molecule has 0 aliphatic rings. The summed E-state index contributed by atoms with van der Waals surface area (Å²) in [6.45, 7) is 6.61. The van der Waals surface area contributed by atoms with E-state index in [1.165, 1.54) is 0 Å². The highest BCUT2D eigenvalue weighted by atomic mass is 16.5. The molecule has 0 spiro atoms. The molecule has 1 rings (SSSR count). The summed E-state index contributed by atoms with van der Waals surface area (Å²) in [5, 5.41) is 0. The van der Waals surface area contributed by atoms with E-state index in [9.17, 15) is 0 Å². The molecule has 0 fully saturated rings. The summed E-state index contributed by atoms with van der Waals surface area (Å²) in [6.07, 6.45) is 0. The summed E-state index contributed by atoms with van der Waals surface area (Å²) >= 11 is 0. The fourth-order valence-electron chi connectivity index (χ4n) is 1.24. The molecule has 0 aliphatic heterocycles. The van der Waals surface area contributed by atoms with Crippen molar-refractivity contribution in [3.05, 3.63) is 35.9 Å². The molecule has 0 saturated heterocycles. The first kappa shape index (κ1) is 11.6. The van der Waals surface area contributed by atoms with Crippen LogP contribution in [-0.4, -0.2) is 13.7 Å². The lowest BCUT2D eigenvalue weighted by atomic mass is 10.2. The maximum Gasteiger partial charge on any atom is 0.166 e. The van der Waals surface area contributed by atoms with Gasteiger partial charge in [-0.2, -0.15) is 0 Å². The van der Waals surface area contributed by atoms with Gasteiger partial charge in [0.1, 0.15) is 6.61 Å². The predicted octanol–water partition coefficient (Wildman–Crippen LogP) is 2.11. The van der Waals surface area contributed by atoms with Crippen LogP contribution in [0.25, 0.3) is 0 Å². The monoisotopic (exact) mass is 207 g/mol. The molecule has 0 amide bonds. The molecule has 2 N–H and O–H groups in total. The Kier molecular flexibility index (Phi) is 4.18. The van der Waals surface area contributed by atoms with Gasteiger partial charge in [0.05, 0.1) is 7.11 Å². The molecule has 3 nitrogen and oxygen atoms in total.